The first-order valence-electron chi connectivity index (χ1n) is 6.15. The van der Waals surface area contributed by atoms with E-state index in [9.17, 15) is 8.78 Å². The molecule has 2 rings (SSSR count). The van der Waals surface area contributed by atoms with E-state index in [0.29, 0.717) is 16.0 Å². The lowest BCUT2D eigenvalue weighted by Gasteiger charge is -2.20. The molecule has 0 spiro atoms. The average Bonchev–Trinajstić information content (AvgIpc) is 2.78. The Labute approximate surface area is 134 Å². The summed E-state index contributed by atoms with van der Waals surface area (Å²) in [6, 6.07) is 3.69. The Morgan fingerprint density at radius 2 is 2.00 bits per heavy atom. The van der Waals surface area contributed by atoms with Crippen molar-refractivity contribution in [3.05, 3.63) is 55.1 Å². The van der Waals surface area contributed by atoms with Gasteiger partial charge in [0.05, 0.1) is 11.1 Å². The maximum atomic E-state index is 14.2. The molecule has 1 N–H and O–H groups in total. The van der Waals surface area contributed by atoms with Crippen molar-refractivity contribution in [1.82, 2.24) is 5.32 Å². The van der Waals surface area contributed by atoms with Crippen molar-refractivity contribution < 1.29 is 8.78 Å². The van der Waals surface area contributed by atoms with E-state index in [2.05, 4.69) is 21.2 Å². The highest BCUT2D eigenvalue weighted by Gasteiger charge is 2.25. The van der Waals surface area contributed by atoms with Gasteiger partial charge in [-0.1, -0.05) is 34.5 Å². The Morgan fingerprint density at radius 3 is 2.50 bits per heavy atom. The molecule has 6 heteroatoms. The summed E-state index contributed by atoms with van der Waals surface area (Å²) in [5, 5.41) is 5.49. The number of hydrogen-bond acceptors (Lipinski definition) is 2. The Balaban J connectivity index is 2.50. The van der Waals surface area contributed by atoms with E-state index in [1.807, 2.05) is 12.3 Å². The zero-order valence-electron chi connectivity index (χ0n) is 10.7. The van der Waals surface area contributed by atoms with Crippen molar-refractivity contribution in [3.8, 4) is 0 Å². The molecule has 0 aliphatic carbocycles. The summed E-state index contributed by atoms with van der Waals surface area (Å²) in [7, 11) is 0. The molecule has 20 heavy (non-hydrogen) atoms. The summed E-state index contributed by atoms with van der Waals surface area (Å²) in [5.41, 5.74) is 0.00556. The van der Waals surface area contributed by atoms with Crippen LogP contribution in [0.4, 0.5) is 8.78 Å². The van der Waals surface area contributed by atoms with Gasteiger partial charge >= 0.3 is 0 Å². The van der Waals surface area contributed by atoms with Crippen LogP contribution in [0.2, 0.25) is 5.02 Å². The van der Waals surface area contributed by atoms with Crippen LogP contribution in [0.3, 0.4) is 0 Å². The van der Waals surface area contributed by atoms with E-state index in [-0.39, 0.29) is 5.56 Å². The van der Waals surface area contributed by atoms with Gasteiger partial charge in [0.15, 0.2) is 0 Å². The van der Waals surface area contributed by atoms with Crippen molar-refractivity contribution in [2.24, 2.45) is 0 Å². The summed E-state index contributed by atoms with van der Waals surface area (Å²) in [6.45, 7) is 2.64. The SMILES string of the molecule is CCCNC(c1sccc1Cl)c1c(F)cc(Br)cc1F. The molecule has 0 aliphatic heterocycles. The lowest BCUT2D eigenvalue weighted by Crippen LogP contribution is -2.24. The highest BCUT2D eigenvalue weighted by Crippen LogP contribution is 2.36. The molecular formula is C14H13BrClF2NS. The second kappa shape index (κ2) is 6.98. The van der Waals surface area contributed by atoms with E-state index in [0.717, 1.165) is 11.3 Å². The summed E-state index contributed by atoms with van der Waals surface area (Å²) in [5.74, 6) is -1.18. The molecule has 1 aromatic heterocycles. The first-order valence-corrected chi connectivity index (χ1v) is 8.20. The van der Waals surface area contributed by atoms with Gasteiger partial charge in [-0.2, -0.15) is 0 Å². The van der Waals surface area contributed by atoms with Crippen LogP contribution in [0.5, 0.6) is 0 Å². The number of nitrogens with one attached hydrogen (secondary N) is 1. The quantitative estimate of drug-likeness (QED) is 0.719. The minimum absolute atomic E-state index is 0.00556. The number of rotatable bonds is 5. The lowest BCUT2D eigenvalue weighted by molar-refractivity contribution is 0.505. The van der Waals surface area contributed by atoms with Crippen molar-refractivity contribution >= 4 is 38.9 Å². The van der Waals surface area contributed by atoms with E-state index in [1.54, 1.807) is 6.07 Å². The third kappa shape index (κ3) is 3.39. The molecule has 1 aromatic carbocycles. The van der Waals surface area contributed by atoms with Gasteiger partial charge in [-0.25, -0.2) is 8.78 Å². The third-order valence-electron chi connectivity index (χ3n) is 2.84. The van der Waals surface area contributed by atoms with Crippen LogP contribution in [0, 0.1) is 11.6 Å². The molecular weight excluding hydrogens is 368 g/mol. The van der Waals surface area contributed by atoms with Crippen LogP contribution >= 0.6 is 38.9 Å². The van der Waals surface area contributed by atoms with Crippen LogP contribution in [0.25, 0.3) is 0 Å². The van der Waals surface area contributed by atoms with Crippen LogP contribution in [-0.2, 0) is 0 Å². The Bertz CT molecular complexity index is 580. The van der Waals surface area contributed by atoms with Crippen molar-refractivity contribution in [1.29, 1.82) is 0 Å². The fourth-order valence-electron chi connectivity index (χ4n) is 1.96. The molecule has 0 saturated carbocycles. The molecule has 0 radical (unpaired) electrons. The average molecular weight is 381 g/mol. The molecule has 0 saturated heterocycles. The summed E-state index contributed by atoms with van der Waals surface area (Å²) >= 11 is 10.6. The first kappa shape index (κ1) is 15.9. The van der Waals surface area contributed by atoms with Gasteiger partial charge in [-0.05, 0) is 36.5 Å². The predicted molar refractivity (Wildman–Crippen MR) is 83.5 cm³/mol. The highest BCUT2D eigenvalue weighted by molar-refractivity contribution is 9.10. The second-order valence-electron chi connectivity index (χ2n) is 4.30. The smallest absolute Gasteiger partial charge is 0.132 e. The van der Waals surface area contributed by atoms with E-state index in [1.165, 1.54) is 23.5 Å². The van der Waals surface area contributed by atoms with Crippen molar-refractivity contribution in [2.45, 2.75) is 19.4 Å². The molecule has 0 fully saturated rings. The topological polar surface area (TPSA) is 12.0 Å². The number of halogens is 4. The largest absolute Gasteiger partial charge is 0.305 e. The van der Waals surface area contributed by atoms with E-state index >= 15 is 0 Å². The summed E-state index contributed by atoms with van der Waals surface area (Å²) in [4.78, 5) is 0.722. The van der Waals surface area contributed by atoms with Crippen LogP contribution in [0.1, 0.15) is 29.8 Å². The number of benzene rings is 1. The van der Waals surface area contributed by atoms with Crippen LogP contribution in [-0.4, -0.2) is 6.54 Å². The Hall–Kier alpha value is -0.490. The Morgan fingerprint density at radius 1 is 1.35 bits per heavy atom. The fraction of sp³-hybridized carbons (Fsp3) is 0.286. The third-order valence-corrected chi connectivity index (χ3v) is 4.72. The van der Waals surface area contributed by atoms with Crippen molar-refractivity contribution in [2.75, 3.05) is 6.54 Å². The summed E-state index contributed by atoms with van der Waals surface area (Å²) < 4.78 is 28.7. The van der Waals surface area contributed by atoms with Gasteiger partial charge in [0, 0.05) is 14.9 Å². The molecule has 0 bridgehead atoms. The van der Waals surface area contributed by atoms with Crippen LogP contribution in [0.15, 0.2) is 28.1 Å². The molecule has 1 nitrogen and oxygen atoms in total. The monoisotopic (exact) mass is 379 g/mol. The first-order chi connectivity index (χ1) is 9.54. The molecule has 2 aromatic rings. The minimum Gasteiger partial charge on any atom is -0.305 e. The highest BCUT2D eigenvalue weighted by atomic mass is 79.9. The molecule has 108 valence electrons. The Kier molecular flexibility index (Phi) is 5.55. The van der Waals surface area contributed by atoms with Gasteiger partial charge in [0.2, 0.25) is 0 Å². The zero-order chi connectivity index (χ0) is 14.7. The number of thiophene rings is 1. The zero-order valence-corrected chi connectivity index (χ0v) is 13.9. The van der Waals surface area contributed by atoms with E-state index in [4.69, 9.17) is 11.6 Å². The maximum Gasteiger partial charge on any atom is 0.132 e. The van der Waals surface area contributed by atoms with Gasteiger partial charge < -0.3 is 5.32 Å². The summed E-state index contributed by atoms with van der Waals surface area (Å²) in [6.07, 6.45) is 0.860. The molecule has 0 aliphatic rings. The maximum absolute atomic E-state index is 14.2. The van der Waals surface area contributed by atoms with Gasteiger partial charge in [0.1, 0.15) is 11.6 Å². The second-order valence-corrected chi connectivity index (χ2v) is 6.57. The van der Waals surface area contributed by atoms with Gasteiger partial charge in [-0.3, -0.25) is 0 Å². The molecule has 1 atom stereocenters. The van der Waals surface area contributed by atoms with Crippen molar-refractivity contribution in [3.63, 3.8) is 0 Å². The van der Waals surface area contributed by atoms with Gasteiger partial charge in [0.25, 0.3) is 0 Å². The predicted octanol–water partition coefficient (Wildman–Crippen LogP) is 5.53. The molecule has 0 amide bonds. The standard InChI is InChI=1S/C14H13BrClF2NS/c1-2-4-19-13(14-9(16)3-5-20-14)12-10(17)6-8(15)7-11(12)18/h3,5-7,13,19H,2,4H2,1H3. The normalized spacial score (nSPS) is 12.7. The number of hydrogen-bond donors (Lipinski definition) is 1. The van der Waals surface area contributed by atoms with Crippen LogP contribution < -0.4 is 5.32 Å². The fourth-order valence-corrected chi connectivity index (χ4v) is 3.61. The molecule has 1 heterocycles. The van der Waals surface area contributed by atoms with E-state index < -0.39 is 17.7 Å². The lowest BCUT2D eigenvalue weighted by atomic mass is 10.0. The minimum atomic E-state index is -0.588. The molecule has 1 unspecified atom stereocenters. The van der Waals surface area contributed by atoms with Gasteiger partial charge in [-0.15, -0.1) is 11.3 Å².